The number of carbonyl (C=O) groups excluding carboxylic acids is 1. The molecule has 0 radical (unpaired) electrons. The predicted octanol–water partition coefficient (Wildman–Crippen LogP) is 3.31. The molecule has 0 saturated carbocycles. The lowest BCUT2D eigenvalue weighted by Gasteiger charge is -2.12. The maximum atomic E-state index is 11.3. The van der Waals surface area contributed by atoms with E-state index in [9.17, 15) is 4.79 Å². The molecule has 1 aromatic carbocycles. The molecule has 1 aliphatic rings. The van der Waals surface area contributed by atoms with Gasteiger partial charge in [0.2, 0.25) is 0 Å². The molecule has 1 aromatic rings. The summed E-state index contributed by atoms with van der Waals surface area (Å²) in [6, 6.07) is 8.75. The number of esters is 1. The van der Waals surface area contributed by atoms with Crippen LogP contribution in [0.15, 0.2) is 36.4 Å². The highest BCUT2D eigenvalue weighted by atomic mass is 16.5. The molecular weight excluding hydrogens is 238 g/mol. The Morgan fingerprint density at radius 1 is 1.37 bits per heavy atom. The van der Waals surface area contributed by atoms with Gasteiger partial charge in [0.1, 0.15) is 0 Å². The van der Waals surface area contributed by atoms with E-state index in [0.717, 1.165) is 18.5 Å². The molecule has 3 nitrogen and oxygen atoms in total. The SMILES string of the molecule is CCOC(=O)CCc1ccc(NC2C=CCC2)cc1. The van der Waals surface area contributed by atoms with E-state index in [1.165, 1.54) is 12.0 Å². The van der Waals surface area contributed by atoms with Crippen molar-refractivity contribution in [1.29, 1.82) is 0 Å². The fourth-order valence-corrected chi connectivity index (χ4v) is 2.21. The Balaban J connectivity index is 1.80. The van der Waals surface area contributed by atoms with Crippen LogP contribution in [0.1, 0.15) is 31.7 Å². The first-order valence-electron chi connectivity index (χ1n) is 6.95. The number of ether oxygens (including phenoxy) is 1. The van der Waals surface area contributed by atoms with Gasteiger partial charge >= 0.3 is 5.97 Å². The monoisotopic (exact) mass is 259 g/mol. The third-order valence-corrected chi connectivity index (χ3v) is 3.24. The van der Waals surface area contributed by atoms with Crippen LogP contribution in [-0.4, -0.2) is 18.6 Å². The van der Waals surface area contributed by atoms with Crippen LogP contribution in [0.25, 0.3) is 0 Å². The van der Waals surface area contributed by atoms with Gasteiger partial charge in [0, 0.05) is 18.2 Å². The maximum Gasteiger partial charge on any atom is 0.306 e. The van der Waals surface area contributed by atoms with Gasteiger partial charge in [-0.25, -0.2) is 0 Å². The summed E-state index contributed by atoms with van der Waals surface area (Å²) in [7, 11) is 0. The summed E-state index contributed by atoms with van der Waals surface area (Å²) < 4.78 is 4.92. The molecule has 19 heavy (non-hydrogen) atoms. The van der Waals surface area contributed by atoms with Crippen molar-refractivity contribution in [3.05, 3.63) is 42.0 Å². The van der Waals surface area contributed by atoms with Crippen molar-refractivity contribution >= 4 is 11.7 Å². The maximum absolute atomic E-state index is 11.3. The standard InChI is InChI=1S/C16H21NO2/c1-2-19-16(18)12-9-13-7-10-15(11-8-13)17-14-5-3-4-6-14/h3,5,7-8,10-11,14,17H,2,4,6,9,12H2,1H3. The Bertz CT molecular complexity index is 437. The molecule has 0 saturated heterocycles. The largest absolute Gasteiger partial charge is 0.466 e. The molecule has 0 amide bonds. The zero-order chi connectivity index (χ0) is 13.5. The lowest BCUT2D eigenvalue weighted by Crippen LogP contribution is -2.13. The number of hydrogen-bond acceptors (Lipinski definition) is 3. The van der Waals surface area contributed by atoms with Gasteiger partial charge in [0.05, 0.1) is 6.61 Å². The van der Waals surface area contributed by atoms with Crippen molar-refractivity contribution in [3.8, 4) is 0 Å². The lowest BCUT2D eigenvalue weighted by atomic mass is 10.1. The van der Waals surface area contributed by atoms with Gasteiger partial charge in [-0.15, -0.1) is 0 Å². The van der Waals surface area contributed by atoms with Crippen molar-refractivity contribution < 1.29 is 9.53 Å². The molecule has 0 bridgehead atoms. The average molecular weight is 259 g/mol. The second-order valence-electron chi connectivity index (χ2n) is 4.76. The van der Waals surface area contributed by atoms with Gasteiger partial charge in [-0.3, -0.25) is 4.79 Å². The van der Waals surface area contributed by atoms with Crippen molar-refractivity contribution in [3.63, 3.8) is 0 Å². The minimum absolute atomic E-state index is 0.124. The molecule has 0 aliphatic heterocycles. The van der Waals surface area contributed by atoms with Crippen molar-refractivity contribution in [2.45, 2.75) is 38.6 Å². The van der Waals surface area contributed by atoms with Gasteiger partial charge in [0.25, 0.3) is 0 Å². The Kier molecular flexibility index (Phi) is 5.01. The van der Waals surface area contributed by atoms with Crippen molar-refractivity contribution in [2.24, 2.45) is 0 Å². The number of nitrogens with one attached hydrogen (secondary N) is 1. The first kappa shape index (κ1) is 13.7. The molecule has 1 aliphatic carbocycles. The van der Waals surface area contributed by atoms with Gasteiger partial charge in [-0.2, -0.15) is 0 Å². The number of hydrogen-bond donors (Lipinski definition) is 1. The summed E-state index contributed by atoms with van der Waals surface area (Å²) in [5.74, 6) is -0.124. The summed E-state index contributed by atoms with van der Waals surface area (Å²) in [5, 5.41) is 3.47. The van der Waals surface area contributed by atoms with Gasteiger partial charge in [-0.05, 0) is 43.9 Å². The van der Waals surface area contributed by atoms with E-state index < -0.39 is 0 Å². The topological polar surface area (TPSA) is 38.3 Å². The van der Waals surface area contributed by atoms with E-state index in [1.807, 2.05) is 6.92 Å². The molecule has 2 rings (SSSR count). The van der Waals surface area contributed by atoms with E-state index in [4.69, 9.17) is 4.74 Å². The Morgan fingerprint density at radius 2 is 2.16 bits per heavy atom. The molecule has 3 heteroatoms. The van der Waals surface area contributed by atoms with Crippen LogP contribution in [0.3, 0.4) is 0 Å². The second kappa shape index (κ2) is 6.98. The first-order valence-corrected chi connectivity index (χ1v) is 6.95. The van der Waals surface area contributed by atoms with Crippen LogP contribution in [0.4, 0.5) is 5.69 Å². The minimum atomic E-state index is -0.124. The third kappa shape index (κ3) is 4.43. The fourth-order valence-electron chi connectivity index (χ4n) is 2.21. The zero-order valence-corrected chi connectivity index (χ0v) is 11.4. The summed E-state index contributed by atoms with van der Waals surface area (Å²) >= 11 is 0. The molecule has 0 spiro atoms. The molecule has 102 valence electrons. The summed E-state index contributed by atoms with van der Waals surface area (Å²) in [5.41, 5.74) is 2.30. The number of aryl methyl sites for hydroxylation is 1. The van der Waals surface area contributed by atoms with E-state index in [0.29, 0.717) is 19.1 Å². The minimum Gasteiger partial charge on any atom is -0.466 e. The van der Waals surface area contributed by atoms with Crippen LogP contribution in [0, 0.1) is 0 Å². The molecule has 1 atom stereocenters. The van der Waals surface area contributed by atoms with Gasteiger partial charge in [0.15, 0.2) is 0 Å². The summed E-state index contributed by atoms with van der Waals surface area (Å²) in [6.07, 6.45) is 7.95. The molecule has 0 fully saturated rings. The fraction of sp³-hybridized carbons (Fsp3) is 0.438. The van der Waals surface area contributed by atoms with E-state index in [2.05, 4.69) is 41.7 Å². The molecule has 1 N–H and O–H groups in total. The van der Waals surface area contributed by atoms with Gasteiger partial charge in [-0.1, -0.05) is 24.3 Å². The molecule has 0 heterocycles. The number of allylic oxidation sites excluding steroid dienone is 1. The smallest absolute Gasteiger partial charge is 0.306 e. The molecule has 1 unspecified atom stereocenters. The van der Waals surface area contributed by atoms with Crippen LogP contribution >= 0.6 is 0 Å². The van der Waals surface area contributed by atoms with Crippen molar-refractivity contribution in [1.82, 2.24) is 0 Å². The Labute approximate surface area is 114 Å². The highest BCUT2D eigenvalue weighted by Crippen LogP contribution is 2.17. The molecular formula is C16H21NO2. The van der Waals surface area contributed by atoms with E-state index in [1.54, 1.807) is 0 Å². The first-order chi connectivity index (χ1) is 9.28. The Morgan fingerprint density at radius 3 is 2.79 bits per heavy atom. The lowest BCUT2D eigenvalue weighted by molar-refractivity contribution is -0.143. The predicted molar refractivity (Wildman–Crippen MR) is 77.2 cm³/mol. The Hall–Kier alpha value is -1.77. The number of rotatable bonds is 6. The van der Waals surface area contributed by atoms with Crippen LogP contribution in [0.2, 0.25) is 0 Å². The zero-order valence-electron chi connectivity index (χ0n) is 11.4. The quantitative estimate of drug-likeness (QED) is 0.629. The van der Waals surface area contributed by atoms with Crippen molar-refractivity contribution in [2.75, 3.05) is 11.9 Å². The van der Waals surface area contributed by atoms with Crippen LogP contribution in [0.5, 0.6) is 0 Å². The molecule has 0 aromatic heterocycles. The van der Waals surface area contributed by atoms with Crippen LogP contribution in [-0.2, 0) is 16.0 Å². The number of anilines is 1. The van der Waals surface area contributed by atoms with Gasteiger partial charge < -0.3 is 10.1 Å². The number of benzene rings is 1. The van der Waals surface area contributed by atoms with Crippen LogP contribution < -0.4 is 5.32 Å². The summed E-state index contributed by atoms with van der Waals surface area (Å²) in [6.45, 7) is 2.28. The van der Waals surface area contributed by atoms with E-state index in [-0.39, 0.29) is 5.97 Å². The number of carbonyl (C=O) groups is 1. The average Bonchev–Trinajstić information content (AvgIpc) is 2.91. The highest BCUT2D eigenvalue weighted by Gasteiger charge is 2.08. The van der Waals surface area contributed by atoms with E-state index >= 15 is 0 Å². The second-order valence-corrected chi connectivity index (χ2v) is 4.76. The highest BCUT2D eigenvalue weighted by molar-refractivity contribution is 5.69. The third-order valence-electron chi connectivity index (χ3n) is 3.24. The normalized spacial score (nSPS) is 17.4. The summed E-state index contributed by atoms with van der Waals surface area (Å²) in [4.78, 5) is 11.3.